The predicted octanol–water partition coefficient (Wildman–Crippen LogP) is 4.36. The first kappa shape index (κ1) is 14.9. The highest BCUT2D eigenvalue weighted by atomic mass is 79.9. The minimum atomic E-state index is -4.59. The smallest absolute Gasteiger partial charge is 0.399 e. The summed E-state index contributed by atoms with van der Waals surface area (Å²) < 4.78 is 39.3. The number of thiophene rings is 1. The molecule has 1 aromatic heterocycles. The number of halogens is 4. The summed E-state index contributed by atoms with van der Waals surface area (Å²) >= 11 is 4.45. The van der Waals surface area contributed by atoms with Crippen LogP contribution in [0.5, 0.6) is 0 Å². The number of benzene rings is 1. The first-order chi connectivity index (χ1) is 9.27. The van der Waals surface area contributed by atoms with Crippen LogP contribution in [0.3, 0.4) is 0 Å². The lowest BCUT2D eigenvalue weighted by Gasteiger charge is -2.14. The Kier molecular flexibility index (Phi) is 4.05. The van der Waals surface area contributed by atoms with E-state index in [1.807, 2.05) is 0 Å². The van der Waals surface area contributed by atoms with Crippen LogP contribution in [-0.4, -0.2) is 5.91 Å². The number of carbonyl (C=O) groups is 1. The van der Waals surface area contributed by atoms with E-state index in [9.17, 15) is 18.0 Å². The Labute approximate surface area is 124 Å². The van der Waals surface area contributed by atoms with Crippen molar-refractivity contribution < 1.29 is 18.0 Å². The molecule has 1 amide bonds. The summed E-state index contributed by atoms with van der Waals surface area (Å²) in [5.41, 5.74) is 4.32. The molecule has 0 atom stereocenters. The van der Waals surface area contributed by atoms with Crippen molar-refractivity contribution in [3.63, 3.8) is 0 Å². The Morgan fingerprint density at radius 3 is 2.55 bits per heavy atom. The van der Waals surface area contributed by atoms with Gasteiger partial charge in [-0.3, -0.25) is 4.79 Å². The Morgan fingerprint density at radius 1 is 1.30 bits per heavy atom. The minimum Gasteiger partial charge on any atom is -0.399 e. The van der Waals surface area contributed by atoms with E-state index in [2.05, 4.69) is 21.2 Å². The lowest BCUT2D eigenvalue weighted by atomic mass is 10.1. The Bertz CT molecular complexity index is 654. The van der Waals surface area contributed by atoms with Gasteiger partial charge in [0, 0.05) is 11.1 Å². The molecule has 0 aliphatic rings. The predicted molar refractivity (Wildman–Crippen MR) is 75.8 cm³/mol. The SMILES string of the molecule is Nc1ccc(NC(=O)c2csc(Br)c2)c(C(F)(F)F)c1. The molecule has 0 aliphatic heterocycles. The first-order valence-corrected chi connectivity index (χ1v) is 6.97. The molecule has 0 radical (unpaired) electrons. The summed E-state index contributed by atoms with van der Waals surface area (Å²) in [6.07, 6.45) is -4.59. The molecular weight excluding hydrogens is 357 g/mol. The maximum absolute atomic E-state index is 12.9. The molecule has 0 aliphatic carbocycles. The number of carbonyl (C=O) groups excluding carboxylic acids is 1. The molecule has 20 heavy (non-hydrogen) atoms. The first-order valence-electron chi connectivity index (χ1n) is 5.29. The van der Waals surface area contributed by atoms with Crippen LogP contribution in [0.4, 0.5) is 24.5 Å². The molecule has 1 aromatic carbocycles. The van der Waals surface area contributed by atoms with E-state index >= 15 is 0 Å². The van der Waals surface area contributed by atoms with E-state index < -0.39 is 17.6 Å². The van der Waals surface area contributed by atoms with Gasteiger partial charge in [0.25, 0.3) is 5.91 Å². The topological polar surface area (TPSA) is 55.1 Å². The van der Waals surface area contributed by atoms with Crippen molar-refractivity contribution >= 4 is 44.5 Å². The van der Waals surface area contributed by atoms with Gasteiger partial charge in [0.1, 0.15) is 0 Å². The lowest BCUT2D eigenvalue weighted by Crippen LogP contribution is -2.16. The number of alkyl halides is 3. The second-order valence-electron chi connectivity index (χ2n) is 3.90. The van der Waals surface area contributed by atoms with E-state index in [1.54, 1.807) is 5.38 Å². The normalized spacial score (nSPS) is 11.4. The molecule has 1 heterocycles. The van der Waals surface area contributed by atoms with E-state index in [1.165, 1.54) is 23.5 Å². The van der Waals surface area contributed by atoms with Crippen LogP contribution in [-0.2, 0) is 6.18 Å². The highest BCUT2D eigenvalue weighted by Gasteiger charge is 2.34. The zero-order valence-corrected chi connectivity index (χ0v) is 12.2. The molecular formula is C12H8BrF3N2OS. The third kappa shape index (κ3) is 3.31. The molecule has 0 saturated heterocycles. The molecule has 0 saturated carbocycles. The number of nitrogens with two attached hydrogens (primary N) is 1. The van der Waals surface area contributed by atoms with Crippen molar-refractivity contribution in [1.29, 1.82) is 0 Å². The van der Waals surface area contributed by atoms with Gasteiger partial charge in [0.15, 0.2) is 0 Å². The van der Waals surface area contributed by atoms with E-state index in [0.29, 0.717) is 0 Å². The summed E-state index contributed by atoms with van der Waals surface area (Å²) in [5, 5.41) is 3.79. The van der Waals surface area contributed by atoms with Crippen LogP contribution in [0, 0.1) is 0 Å². The van der Waals surface area contributed by atoms with E-state index in [-0.39, 0.29) is 16.9 Å². The maximum Gasteiger partial charge on any atom is 0.418 e. The van der Waals surface area contributed by atoms with Crippen molar-refractivity contribution in [2.24, 2.45) is 0 Å². The summed E-state index contributed by atoms with van der Waals surface area (Å²) in [6, 6.07) is 4.76. The number of anilines is 2. The fourth-order valence-corrected chi connectivity index (χ4v) is 2.67. The van der Waals surface area contributed by atoms with Crippen LogP contribution in [0.2, 0.25) is 0 Å². The average molecular weight is 365 g/mol. The van der Waals surface area contributed by atoms with Gasteiger partial charge in [-0.25, -0.2) is 0 Å². The highest BCUT2D eigenvalue weighted by Crippen LogP contribution is 2.36. The molecule has 0 spiro atoms. The number of nitrogens with one attached hydrogen (secondary N) is 1. The second kappa shape index (κ2) is 5.45. The number of hydrogen-bond donors (Lipinski definition) is 2. The van der Waals surface area contributed by atoms with Gasteiger partial charge in [-0.2, -0.15) is 13.2 Å². The maximum atomic E-state index is 12.9. The number of hydrogen-bond acceptors (Lipinski definition) is 3. The van der Waals surface area contributed by atoms with Gasteiger partial charge in [0.2, 0.25) is 0 Å². The lowest BCUT2D eigenvalue weighted by molar-refractivity contribution is -0.136. The summed E-state index contributed by atoms with van der Waals surface area (Å²) in [5.74, 6) is -0.609. The Hall–Kier alpha value is -1.54. The van der Waals surface area contributed by atoms with E-state index in [4.69, 9.17) is 5.73 Å². The number of rotatable bonds is 2. The minimum absolute atomic E-state index is 0.0198. The van der Waals surface area contributed by atoms with Gasteiger partial charge in [0.05, 0.1) is 20.6 Å². The second-order valence-corrected chi connectivity index (χ2v) is 6.19. The van der Waals surface area contributed by atoms with Crippen molar-refractivity contribution in [2.75, 3.05) is 11.1 Å². The van der Waals surface area contributed by atoms with Crippen LogP contribution in [0.25, 0.3) is 0 Å². The molecule has 2 rings (SSSR count). The Balaban J connectivity index is 2.32. The van der Waals surface area contributed by atoms with Gasteiger partial charge in [-0.15, -0.1) is 11.3 Å². The summed E-state index contributed by atoms with van der Waals surface area (Å²) in [6.45, 7) is 0. The van der Waals surface area contributed by atoms with Crippen LogP contribution in [0.15, 0.2) is 33.4 Å². The molecule has 2 aromatic rings. The van der Waals surface area contributed by atoms with Gasteiger partial charge in [-0.05, 0) is 40.2 Å². The van der Waals surface area contributed by atoms with Crippen LogP contribution >= 0.6 is 27.3 Å². The molecule has 0 bridgehead atoms. The van der Waals surface area contributed by atoms with Crippen molar-refractivity contribution in [2.45, 2.75) is 6.18 Å². The molecule has 0 unspecified atom stereocenters. The molecule has 3 nitrogen and oxygen atoms in total. The largest absolute Gasteiger partial charge is 0.418 e. The van der Waals surface area contributed by atoms with Gasteiger partial charge < -0.3 is 11.1 Å². The molecule has 8 heteroatoms. The zero-order chi connectivity index (χ0) is 14.9. The van der Waals surface area contributed by atoms with Crippen LogP contribution in [0.1, 0.15) is 15.9 Å². The standard InChI is InChI=1S/C12H8BrF3N2OS/c13-10-3-6(5-20-10)11(19)18-9-2-1-7(17)4-8(9)12(14,15)16/h1-5H,17H2,(H,18,19). The highest BCUT2D eigenvalue weighted by molar-refractivity contribution is 9.11. The summed E-state index contributed by atoms with van der Waals surface area (Å²) in [7, 11) is 0. The number of nitrogen functional groups attached to an aromatic ring is 1. The third-order valence-electron chi connectivity index (χ3n) is 2.43. The third-order valence-corrected chi connectivity index (χ3v) is 3.93. The molecule has 3 N–H and O–H groups in total. The van der Waals surface area contributed by atoms with Gasteiger partial charge >= 0.3 is 6.18 Å². The van der Waals surface area contributed by atoms with Crippen molar-refractivity contribution in [3.8, 4) is 0 Å². The molecule has 0 fully saturated rings. The zero-order valence-electron chi connectivity index (χ0n) is 9.79. The average Bonchev–Trinajstić information content (AvgIpc) is 2.77. The van der Waals surface area contributed by atoms with Crippen molar-refractivity contribution in [3.05, 3.63) is 44.6 Å². The molecule has 106 valence electrons. The monoisotopic (exact) mass is 364 g/mol. The van der Waals surface area contributed by atoms with Gasteiger partial charge in [-0.1, -0.05) is 0 Å². The fourth-order valence-electron chi connectivity index (χ4n) is 1.53. The number of amides is 1. The fraction of sp³-hybridized carbons (Fsp3) is 0.0833. The van der Waals surface area contributed by atoms with E-state index in [0.717, 1.165) is 15.9 Å². The van der Waals surface area contributed by atoms with Crippen molar-refractivity contribution in [1.82, 2.24) is 0 Å². The Morgan fingerprint density at radius 2 is 2.00 bits per heavy atom. The summed E-state index contributed by atoms with van der Waals surface area (Å²) in [4.78, 5) is 11.9. The quantitative estimate of drug-likeness (QED) is 0.777. The van der Waals surface area contributed by atoms with Crippen LogP contribution < -0.4 is 11.1 Å².